The van der Waals surface area contributed by atoms with Gasteiger partial charge in [0.2, 0.25) is 0 Å². The molecule has 0 aliphatic carbocycles. The fraction of sp³-hybridized carbons (Fsp3) is 0.421. The number of nitrogens with one attached hydrogen (secondary N) is 2. The summed E-state index contributed by atoms with van der Waals surface area (Å²) in [7, 11) is 0. The van der Waals surface area contributed by atoms with Crippen LogP contribution in [-0.2, 0) is 11.3 Å². The number of aliphatic imine (C=N–C) groups is 1. The van der Waals surface area contributed by atoms with Crippen LogP contribution in [0.15, 0.2) is 23.2 Å². The first-order valence-corrected chi connectivity index (χ1v) is 10.2. The number of thiazole rings is 1. The maximum absolute atomic E-state index is 13.3. The van der Waals surface area contributed by atoms with E-state index in [-0.39, 0.29) is 41.0 Å². The van der Waals surface area contributed by atoms with Gasteiger partial charge in [0.25, 0.3) is 0 Å². The molecule has 0 aliphatic rings. The van der Waals surface area contributed by atoms with Crippen LogP contribution in [0.3, 0.4) is 0 Å². The second kappa shape index (κ2) is 12.3. The van der Waals surface area contributed by atoms with Crippen LogP contribution in [0.5, 0.6) is 0 Å². The van der Waals surface area contributed by atoms with Crippen molar-refractivity contribution >= 4 is 58.8 Å². The highest BCUT2D eigenvalue weighted by molar-refractivity contribution is 14.0. The molecular weight excluding hydrogens is 530 g/mol. The van der Waals surface area contributed by atoms with Gasteiger partial charge in [0, 0.05) is 6.54 Å². The van der Waals surface area contributed by atoms with Gasteiger partial charge in [-0.05, 0) is 45.4 Å². The Morgan fingerprint density at radius 2 is 2.14 bits per heavy atom. The molecule has 1 unspecified atom stereocenters. The van der Waals surface area contributed by atoms with Crippen LogP contribution in [0.4, 0.5) is 4.39 Å². The Morgan fingerprint density at radius 1 is 1.41 bits per heavy atom. The number of benzene rings is 1. The second-order valence-corrected chi connectivity index (χ2v) is 7.43. The number of hydrogen-bond acceptors (Lipinski definition) is 5. The van der Waals surface area contributed by atoms with Crippen molar-refractivity contribution in [1.82, 2.24) is 15.6 Å². The lowest BCUT2D eigenvalue weighted by molar-refractivity contribution is 0.0531. The third-order valence-electron chi connectivity index (χ3n) is 3.75. The Hall–Kier alpha value is -1.46. The highest BCUT2D eigenvalue weighted by Gasteiger charge is 2.20. The Kier molecular flexibility index (Phi) is 10.8. The lowest BCUT2D eigenvalue weighted by atomic mass is 10.2. The van der Waals surface area contributed by atoms with Crippen molar-refractivity contribution in [3.8, 4) is 0 Å². The van der Waals surface area contributed by atoms with E-state index in [1.807, 2.05) is 13.8 Å². The number of carbonyl (C=O) groups excluding carboxylic acids is 1. The highest BCUT2D eigenvalue weighted by atomic mass is 127. The summed E-state index contributed by atoms with van der Waals surface area (Å²) < 4.78 is 18.4. The molecule has 29 heavy (non-hydrogen) atoms. The third-order valence-corrected chi connectivity index (χ3v) is 5.36. The molecule has 6 nitrogen and oxygen atoms in total. The summed E-state index contributed by atoms with van der Waals surface area (Å²) in [4.78, 5) is 21.5. The van der Waals surface area contributed by atoms with E-state index in [0.717, 1.165) is 10.6 Å². The van der Waals surface area contributed by atoms with Gasteiger partial charge in [-0.2, -0.15) is 0 Å². The summed E-state index contributed by atoms with van der Waals surface area (Å²) in [6.45, 7) is 8.80. The van der Waals surface area contributed by atoms with E-state index in [4.69, 9.17) is 16.3 Å². The van der Waals surface area contributed by atoms with Gasteiger partial charge in [-0.3, -0.25) is 0 Å². The summed E-state index contributed by atoms with van der Waals surface area (Å²) >= 11 is 7.12. The van der Waals surface area contributed by atoms with Crippen molar-refractivity contribution < 1.29 is 13.9 Å². The van der Waals surface area contributed by atoms with E-state index < -0.39 is 5.82 Å². The first kappa shape index (κ1) is 25.6. The fourth-order valence-corrected chi connectivity index (χ4v) is 3.55. The minimum Gasteiger partial charge on any atom is -0.462 e. The summed E-state index contributed by atoms with van der Waals surface area (Å²) in [6, 6.07) is 4.36. The molecule has 0 spiro atoms. The Balaban J connectivity index is 0.00000420. The number of aryl methyl sites for hydroxylation is 1. The zero-order valence-electron chi connectivity index (χ0n) is 16.7. The Morgan fingerprint density at radius 3 is 2.76 bits per heavy atom. The van der Waals surface area contributed by atoms with Gasteiger partial charge in [-0.25, -0.2) is 19.2 Å². The van der Waals surface area contributed by atoms with Crippen molar-refractivity contribution in [1.29, 1.82) is 0 Å². The third kappa shape index (κ3) is 7.38. The fourth-order valence-electron chi connectivity index (χ4n) is 2.38. The molecule has 0 bridgehead atoms. The number of esters is 1. The minimum atomic E-state index is -0.454. The van der Waals surface area contributed by atoms with Crippen LogP contribution in [0.2, 0.25) is 5.02 Å². The molecule has 0 radical (unpaired) electrons. The van der Waals surface area contributed by atoms with Crippen LogP contribution < -0.4 is 10.6 Å². The van der Waals surface area contributed by atoms with Gasteiger partial charge < -0.3 is 15.4 Å². The van der Waals surface area contributed by atoms with E-state index in [2.05, 4.69) is 20.6 Å². The molecule has 2 aromatic rings. The van der Waals surface area contributed by atoms with Gasteiger partial charge in [-0.15, -0.1) is 35.3 Å². The Labute approximate surface area is 196 Å². The standard InChI is InChI=1S/C19H24ClFN4O2S.HI/c1-5-22-19(23-10-13-7-8-15(21)14(20)9-13)25-12(4)17-24-11(3)16(28-17)18(26)27-6-2;/h7-9,12H,5-6,10H2,1-4H3,(H2,22,23,25);1H. The predicted molar refractivity (Wildman–Crippen MR) is 126 cm³/mol. The average Bonchev–Trinajstić information content (AvgIpc) is 3.05. The molecule has 1 aromatic carbocycles. The quantitative estimate of drug-likeness (QED) is 0.221. The number of guanidine groups is 1. The number of rotatable bonds is 7. The monoisotopic (exact) mass is 554 g/mol. The molecule has 10 heteroatoms. The van der Waals surface area contributed by atoms with Gasteiger partial charge in [-0.1, -0.05) is 17.7 Å². The van der Waals surface area contributed by atoms with Gasteiger partial charge >= 0.3 is 5.97 Å². The van der Waals surface area contributed by atoms with Crippen molar-refractivity contribution in [3.63, 3.8) is 0 Å². The summed E-state index contributed by atoms with van der Waals surface area (Å²) in [6.07, 6.45) is 0. The molecule has 2 rings (SSSR count). The Bertz CT molecular complexity index is 863. The molecule has 160 valence electrons. The number of aromatic nitrogens is 1. The zero-order chi connectivity index (χ0) is 20.7. The molecule has 0 fully saturated rings. The molecule has 2 N–H and O–H groups in total. The van der Waals surface area contributed by atoms with E-state index >= 15 is 0 Å². The largest absolute Gasteiger partial charge is 0.462 e. The average molecular weight is 555 g/mol. The smallest absolute Gasteiger partial charge is 0.350 e. The minimum absolute atomic E-state index is 0. The molecule has 0 saturated carbocycles. The summed E-state index contributed by atoms with van der Waals surface area (Å²) in [5.74, 6) is -0.227. The normalized spacial score (nSPS) is 12.1. The first-order valence-electron chi connectivity index (χ1n) is 8.98. The van der Waals surface area contributed by atoms with E-state index in [1.165, 1.54) is 17.4 Å². The molecule has 1 atom stereocenters. The first-order chi connectivity index (χ1) is 13.3. The molecule has 0 saturated heterocycles. The van der Waals surface area contributed by atoms with Crippen molar-refractivity contribution in [2.45, 2.75) is 40.3 Å². The van der Waals surface area contributed by atoms with Crippen molar-refractivity contribution in [3.05, 3.63) is 50.2 Å². The summed E-state index contributed by atoms with van der Waals surface area (Å²) in [5.41, 5.74) is 1.45. The number of ether oxygens (including phenoxy) is 1. The topological polar surface area (TPSA) is 75.6 Å². The van der Waals surface area contributed by atoms with Crippen molar-refractivity contribution in [2.75, 3.05) is 13.2 Å². The molecule has 0 amide bonds. The van der Waals surface area contributed by atoms with Gasteiger partial charge in [0.05, 0.1) is 29.9 Å². The highest BCUT2D eigenvalue weighted by Crippen LogP contribution is 2.24. The van der Waals surface area contributed by atoms with Crippen LogP contribution in [0.25, 0.3) is 0 Å². The predicted octanol–water partition coefficient (Wildman–Crippen LogP) is 4.86. The number of hydrogen-bond donors (Lipinski definition) is 2. The lowest BCUT2D eigenvalue weighted by Crippen LogP contribution is -2.38. The molecule has 0 aliphatic heterocycles. The van der Waals surface area contributed by atoms with E-state index in [9.17, 15) is 9.18 Å². The van der Waals surface area contributed by atoms with Crippen LogP contribution in [0.1, 0.15) is 52.7 Å². The number of nitrogens with zero attached hydrogens (tertiary/aromatic N) is 2. The zero-order valence-corrected chi connectivity index (χ0v) is 20.6. The second-order valence-electron chi connectivity index (χ2n) is 6.00. The molecule has 1 aromatic heterocycles. The van der Waals surface area contributed by atoms with Crippen LogP contribution in [-0.4, -0.2) is 30.1 Å². The number of halogens is 3. The van der Waals surface area contributed by atoms with Crippen LogP contribution in [0, 0.1) is 12.7 Å². The SMILES string of the molecule is CCNC(=NCc1ccc(F)c(Cl)c1)NC(C)c1nc(C)c(C(=O)OCC)s1.I. The van der Waals surface area contributed by atoms with Crippen LogP contribution >= 0.6 is 46.9 Å². The van der Waals surface area contributed by atoms with E-state index in [1.54, 1.807) is 26.0 Å². The molecule has 1 heterocycles. The number of carbonyl (C=O) groups is 1. The van der Waals surface area contributed by atoms with E-state index in [0.29, 0.717) is 36.2 Å². The summed E-state index contributed by atoms with van der Waals surface area (Å²) in [5, 5.41) is 7.26. The lowest BCUT2D eigenvalue weighted by Gasteiger charge is -2.16. The maximum atomic E-state index is 13.3. The molecular formula is C19H25ClFIN4O2S. The van der Waals surface area contributed by atoms with Gasteiger partial charge in [0.1, 0.15) is 15.7 Å². The van der Waals surface area contributed by atoms with Crippen molar-refractivity contribution in [2.24, 2.45) is 4.99 Å². The van der Waals surface area contributed by atoms with Gasteiger partial charge in [0.15, 0.2) is 5.96 Å². The maximum Gasteiger partial charge on any atom is 0.350 e.